The number of aliphatic carboxylic acids is 1. The second kappa shape index (κ2) is 38.8. The first-order valence-corrected chi connectivity index (χ1v) is 29.6. The van der Waals surface area contributed by atoms with E-state index >= 15 is 0 Å². The van der Waals surface area contributed by atoms with Crippen LogP contribution in [-0.4, -0.2) is 165 Å². The molecule has 0 saturated carbocycles. The van der Waals surface area contributed by atoms with E-state index in [4.69, 9.17) is 4.74 Å². The maximum absolute atomic E-state index is 14.8. The van der Waals surface area contributed by atoms with Gasteiger partial charge in [-0.3, -0.25) is 47.9 Å². The first-order chi connectivity index (χ1) is 38.5. The van der Waals surface area contributed by atoms with Crippen molar-refractivity contribution in [3.8, 4) is 0 Å². The standard InChI is InChI=1S/C57H101N9O16/c1-13-16-17-18-19-20-21-22-37(69)28-44(70)58-39(25-31(4)5)50(74)59-38(23-24-45(71)72)49(73)66-48-36(12)82-57(81)47(35(11)15-3)65-54(78)43(30-68)63-51(75)40(26-32(6)7)60-53(77)42(29-67)62-52(76)41(27-33(8)9)61-55(79)46(34(10)14-2)64-56(48)80/h31-43,46-48,67-69H,13-30H2,1-12H3,(H,58,70)(H,59,74)(H,60,77)(H,61,79)(H,62,76)(H,63,75)(H,64,80)(H,65,78)(H,66,73)(H,71,72)/t34-,35-,36+,37+,38-,39-,40-,41+,42+,43+,46-,47-,48+/m0/s1. The number of esters is 1. The Hall–Kier alpha value is -5.95. The van der Waals surface area contributed by atoms with Gasteiger partial charge in [0.25, 0.3) is 0 Å². The quantitative estimate of drug-likeness (QED) is 0.0356. The molecule has 25 heteroatoms. The number of carbonyl (C=O) groups excluding carboxylic acids is 10. The van der Waals surface area contributed by atoms with E-state index in [0.29, 0.717) is 12.8 Å². The molecule has 470 valence electrons. The van der Waals surface area contributed by atoms with Gasteiger partial charge in [0.1, 0.15) is 60.5 Å². The minimum Gasteiger partial charge on any atom is -0.481 e. The first-order valence-electron chi connectivity index (χ1n) is 29.6. The van der Waals surface area contributed by atoms with Crippen LogP contribution in [0, 0.1) is 29.6 Å². The van der Waals surface area contributed by atoms with Gasteiger partial charge in [-0.15, -0.1) is 0 Å². The summed E-state index contributed by atoms with van der Waals surface area (Å²) in [7, 11) is 0. The summed E-state index contributed by atoms with van der Waals surface area (Å²) in [4.78, 5) is 153. The highest BCUT2D eigenvalue weighted by Gasteiger charge is 2.41. The molecule has 0 unspecified atom stereocenters. The highest BCUT2D eigenvalue weighted by atomic mass is 16.5. The highest BCUT2D eigenvalue weighted by Crippen LogP contribution is 2.18. The number of aliphatic hydroxyl groups excluding tert-OH is 3. The van der Waals surface area contributed by atoms with E-state index < -0.39 is 170 Å². The molecule has 0 bridgehead atoms. The van der Waals surface area contributed by atoms with E-state index in [1.54, 1.807) is 69.2 Å². The van der Waals surface area contributed by atoms with Crippen LogP contribution in [0.4, 0.5) is 0 Å². The van der Waals surface area contributed by atoms with Crippen LogP contribution >= 0.6 is 0 Å². The van der Waals surface area contributed by atoms with Crippen molar-refractivity contribution in [1.82, 2.24) is 47.9 Å². The third-order valence-corrected chi connectivity index (χ3v) is 14.4. The lowest BCUT2D eigenvalue weighted by Gasteiger charge is -2.32. The van der Waals surface area contributed by atoms with Gasteiger partial charge in [-0.25, -0.2) is 4.79 Å². The summed E-state index contributed by atoms with van der Waals surface area (Å²) in [5, 5.41) is 63.9. The lowest BCUT2D eigenvalue weighted by Crippen LogP contribution is -2.64. The largest absolute Gasteiger partial charge is 0.481 e. The molecule has 0 aromatic rings. The number of hydrogen-bond acceptors (Lipinski definition) is 15. The third kappa shape index (κ3) is 27.4. The Labute approximate surface area is 484 Å². The molecule has 0 spiro atoms. The average molecular weight is 1170 g/mol. The van der Waals surface area contributed by atoms with Crippen molar-refractivity contribution in [2.45, 2.75) is 252 Å². The Balaban J connectivity index is 3.98. The molecule has 0 aliphatic carbocycles. The summed E-state index contributed by atoms with van der Waals surface area (Å²) >= 11 is 0. The monoisotopic (exact) mass is 1170 g/mol. The van der Waals surface area contributed by atoms with E-state index in [-0.39, 0.29) is 56.3 Å². The van der Waals surface area contributed by atoms with Crippen molar-refractivity contribution in [2.24, 2.45) is 29.6 Å². The second-order valence-electron chi connectivity index (χ2n) is 23.3. The normalized spacial score (nSPS) is 23.9. The van der Waals surface area contributed by atoms with Gasteiger partial charge in [-0.2, -0.15) is 0 Å². The molecular weight excluding hydrogens is 1070 g/mol. The average Bonchev–Trinajstić information content (AvgIpc) is 3.58. The molecule has 1 saturated heterocycles. The summed E-state index contributed by atoms with van der Waals surface area (Å²) in [5.41, 5.74) is 0. The Morgan fingerprint density at radius 1 is 0.549 bits per heavy atom. The maximum Gasteiger partial charge on any atom is 0.329 e. The van der Waals surface area contributed by atoms with Crippen LogP contribution in [0.5, 0.6) is 0 Å². The SMILES string of the molecule is CCCCCCCCC[C@@H](O)CC(=O)N[C@@H](CC(C)C)C(=O)N[C@@H](CCC(=O)O)C(=O)N[C@H]1C(=O)N[C@@H]([C@@H](C)CC)C(=O)N[C@H](CC(C)C)C(=O)N[C@H](CO)C(=O)N[C@@H](CC(C)C)C(=O)N[C@H](CO)C(=O)N[C@@H]([C@@H](C)CC)C(=O)O[C@@H]1C. The number of carbonyl (C=O) groups is 11. The number of hydrogen-bond donors (Lipinski definition) is 13. The molecule has 13 atom stereocenters. The molecule has 1 fully saturated rings. The number of amides is 9. The lowest BCUT2D eigenvalue weighted by atomic mass is 9.96. The van der Waals surface area contributed by atoms with E-state index in [0.717, 1.165) is 38.5 Å². The number of nitrogens with one attached hydrogen (secondary N) is 9. The minimum atomic E-state index is -1.95. The lowest BCUT2D eigenvalue weighted by molar-refractivity contribution is -0.158. The minimum absolute atomic E-state index is 0.00953. The van der Waals surface area contributed by atoms with Gasteiger partial charge in [0.05, 0.1) is 25.7 Å². The molecule has 1 heterocycles. The van der Waals surface area contributed by atoms with Crippen LogP contribution in [0.15, 0.2) is 0 Å². The van der Waals surface area contributed by atoms with Crippen molar-refractivity contribution in [2.75, 3.05) is 13.2 Å². The Morgan fingerprint density at radius 3 is 1.50 bits per heavy atom. The molecule has 1 rings (SSSR count). The first kappa shape index (κ1) is 74.1. The zero-order valence-electron chi connectivity index (χ0n) is 50.7. The van der Waals surface area contributed by atoms with Crippen LogP contribution < -0.4 is 47.9 Å². The third-order valence-electron chi connectivity index (χ3n) is 14.4. The van der Waals surface area contributed by atoms with Crippen molar-refractivity contribution >= 4 is 65.1 Å². The number of ether oxygens (including phenoxy) is 1. The van der Waals surface area contributed by atoms with Gasteiger partial charge in [-0.05, 0) is 68.6 Å². The maximum atomic E-state index is 14.8. The van der Waals surface area contributed by atoms with Gasteiger partial charge >= 0.3 is 11.9 Å². The van der Waals surface area contributed by atoms with E-state index in [1.165, 1.54) is 6.92 Å². The summed E-state index contributed by atoms with van der Waals surface area (Å²) in [5.74, 6) is -13.3. The Morgan fingerprint density at radius 2 is 1.01 bits per heavy atom. The molecule has 25 nitrogen and oxygen atoms in total. The predicted octanol–water partition coefficient (Wildman–Crippen LogP) is 1.27. The molecule has 0 radical (unpaired) electrons. The van der Waals surface area contributed by atoms with Crippen molar-refractivity contribution in [1.29, 1.82) is 0 Å². The van der Waals surface area contributed by atoms with Crippen molar-refractivity contribution < 1.29 is 77.9 Å². The summed E-state index contributed by atoms with van der Waals surface area (Å²) in [6.45, 7) is 18.5. The smallest absolute Gasteiger partial charge is 0.329 e. The van der Waals surface area contributed by atoms with E-state index in [9.17, 15) is 73.2 Å². The zero-order chi connectivity index (χ0) is 62.4. The van der Waals surface area contributed by atoms with Crippen LogP contribution in [0.2, 0.25) is 0 Å². The molecule has 82 heavy (non-hydrogen) atoms. The van der Waals surface area contributed by atoms with Crippen molar-refractivity contribution in [3.63, 3.8) is 0 Å². The second-order valence-corrected chi connectivity index (χ2v) is 23.3. The van der Waals surface area contributed by atoms with Gasteiger partial charge < -0.3 is 73.0 Å². The predicted molar refractivity (Wildman–Crippen MR) is 304 cm³/mol. The van der Waals surface area contributed by atoms with E-state index in [1.807, 2.05) is 0 Å². The fourth-order valence-corrected chi connectivity index (χ4v) is 9.13. The molecular formula is C57H101N9O16. The Bertz CT molecular complexity index is 2080. The molecule has 1 aliphatic heterocycles. The van der Waals surface area contributed by atoms with Crippen molar-refractivity contribution in [3.05, 3.63) is 0 Å². The molecule has 1 aliphatic rings. The van der Waals surface area contributed by atoms with Gasteiger partial charge in [-0.1, -0.05) is 134 Å². The van der Waals surface area contributed by atoms with Crippen LogP contribution in [0.25, 0.3) is 0 Å². The van der Waals surface area contributed by atoms with Crippen LogP contribution in [0.3, 0.4) is 0 Å². The Kier molecular flexibility index (Phi) is 35.0. The summed E-state index contributed by atoms with van der Waals surface area (Å²) in [6, 6.07) is -14.1. The number of aliphatic hydroxyl groups is 3. The van der Waals surface area contributed by atoms with E-state index in [2.05, 4.69) is 54.8 Å². The molecule has 9 amide bonds. The number of carboxylic acid groups (broad SMARTS) is 1. The topological polar surface area (TPSA) is 386 Å². The molecule has 13 N–H and O–H groups in total. The van der Waals surface area contributed by atoms with Gasteiger partial charge in [0.2, 0.25) is 53.2 Å². The van der Waals surface area contributed by atoms with Gasteiger partial charge in [0.15, 0.2) is 0 Å². The molecule has 0 aromatic heterocycles. The fraction of sp³-hybridized carbons (Fsp3) is 0.807. The summed E-state index contributed by atoms with van der Waals surface area (Å²) in [6.07, 6.45) is 3.74. The zero-order valence-corrected chi connectivity index (χ0v) is 50.7. The number of rotatable bonds is 30. The van der Waals surface area contributed by atoms with Gasteiger partial charge in [0, 0.05) is 6.42 Å². The molecule has 0 aromatic carbocycles. The van der Waals surface area contributed by atoms with Crippen LogP contribution in [0.1, 0.15) is 186 Å². The number of unbranched alkanes of at least 4 members (excludes halogenated alkanes) is 6. The number of cyclic esters (lactones) is 1. The number of carboxylic acids is 1. The highest BCUT2D eigenvalue weighted by molar-refractivity contribution is 5.99. The van der Waals surface area contributed by atoms with Crippen LogP contribution in [-0.2, 0) is 57.5 Å². The fourth-order valence-electron chi connectivity index (χ4n) is 9.13. The summed E-state index contributed by atoms with van der Waals surface area (Å²) < 4.78 is 5.85.